The maximum Gasteiger partial charge on any atom is 0.251 e. The Balaban J connectivity index is 2.45. The van der Waals surface area contributed by atoms with Gasteiger partial charge >= 0.3 is 0 Å². The molecule has 0 aliphatic rings. The molecule has 90 valence electrons. The molecule has 0 aliphatic carbocycles. The van der Waals surface area contributed by atoms with Crippen LogP contribution in [0.15, 0.2) is 41.2 Å². The Kier molecular flexibility index (Phi) is 3.03. The molecule has 0 fully saturated rings. The SMILES string of the molecule is CC(C)(O)CCn1c(=O)ccc2ccccc21. The Labute approximate surface area is 100 Å². The van der Waals surface area contributed by atoms with E-state index in [1.54, 1.807) is 24.5 Å². The van der Waals surface area contributed by atoms with E-state index in [1.807, 2.05) is 30.3 Å². The maximum atomic E-state index is 11.8. The number of hydrogen-bond donors (Lipinski definition) is 1. The Bertz CT molecular complexity index is 579. The van der Waals surface area contributed by atoms with Crippen molar-refractivity contribution < 1.29 is 5.11 Å². The van der Waals surface area contributed by atoms with Gasteiger partial charge in [-0.05, 0) is 37.8 Å². The fourth-order valence-corrected chi connectivity index (χ4v) is 1.86. The fourth-order valence-electron chi connectivity index (χ4n) is 1.86. The van der Waals surface area contributed by atoms with Crippen molar-refractivity contribution in [3.05, 3.63) is 46.8 Å². The summed E-state index contributed by atoms with van der Waals surface area (Å²) in [5.41, 5.74) is 0.147. The molecular weight excluding hydrogens is 214 g/mol. The molecule has 1 aromatic carbocycles. The summed E-state index contributed by atoms with van der Waals surface area (Å²) in [7, 11) is 0. The number of aliphatic hydroxyl groups is 1. The number of aromatic nitrogens is 1. The summed E-state index contributed by atoms with van der Waals surface area (Å²) in [6, 6.07) is 11.2. The Morgan fingerprint density at radius 1 is 1.18 bits per heavy atom. The van der Waals surface area contributed by atoms with Crippen molar-refractivity contribution in [2.75, 3.05) is 0 Å². The lowest BCUT2D eigenvalue weighted by Crippen LogP contribution is -2.26. The molecule has 0 radical (unpaired) electrons. The average molecular weight is 231 g/mol. The van der Waals surface area contributed by atoms with Gasteiger partial charge in [-0.25, -0.2) is 0 Å². The molecule has 17 heavy (non-hydrogen) atoms. The number of rotatable bonds is 3. The molecule has 3 nitrogen and oxygen atoms in total. The zero-order chi connectivity index (χ0) is 12.5. The van der Waals surface area contributed by atoms with Gasteiger partial charge in [0.25, 0.3) is 5.56 Å². The van der Waals surface area contributed by atoms with Crippen LogP contribution in [0.3, 0.4) is 0 Å². The summed E-state index contributed by atoms with van der Waals surface area (Å²) in [4.78, 5) is 11.8. The van der Waals surface area contributed by atoms with Gasteiger partial charge in [0.1, 0.15) is 0 Å². The van der Waals surface area contributed by atoms with Gasteiger partial charge in [0.2, 0.25) is 0 Å². The number of aryl methyl sites for hydroxylation is 1. The van der Waals surface area contributed by atoms with Gasteiger partial charge in [-0.15, -0.1) is 0 Å². The van der Waals surface area contributed by atoms with Crippen molar-refractivity contribution in [2.24, 2.45) is 0 Å². The van der Waals surface area contributed by atoms with Crippen LogP contribution in [0.5, 0.6) is 0 Å². The second-order valence-electron chi connectivity index (χ2n) is 4.94. The minimum atomic E-state index is -0.754. The highest BCUT2D eigenvalue weighted by molar-refractivity contribution is 5.78. The van der Waals surface area contributed by atoms with Crippen LogP contribution in [-0.4, -0.2) is 15.3 Å². The number of fused-ring (bicyclic) bond motifs is 1. The van der Waals surface area contributed by atoms with Crippen LogP contribution in [0.1, 0.15) is 20.3 Å². The lowest BCUT2D eigenvalue weighted by molar-refractivity contribution is 0.0663. The van der Waals surface area contributed by atoms with Gasteiger partial charge in [0, 0.05) is 12.6 Å². The van der Waals surface area contributed by atoms with Gasteiger partial charge in [-0.1, -0.05) is 18.2 Å². The monoisotopic (exact) mass is 231 g/mol. The Morgan fingerprint density at radius 3 is 2.59 bits per heavy atom. The lowest BCUT2D eigenvalue weighted by atomic mass is 10.1. The third-order valence-electron chi connectivity index (χ3n) is 2.85. The first kappa shape index (κ1) is 11.9. The highest BCUT2D eigenvalue weighted by Crippen LogP contribution is 2.14. The normalized spacial score (nSPS) is 11.9. The molecule has 0 unspecified atom stereocenters. The summed E-state index contributed by atoms with van der Waals surface area (Å²) in [5, 5.41) is 10.8. The number of para-hydroxylation sites is 1. The summed E-state index contributed by atoms with van der Waals surface area (Å²) in [5.74, 6) is 0. The Morgan fingerprint density at radius 2 is 1.88 bits per heavy atom. The zero-order valence-corrected chi connectivity index (χ0v) is 10.2. The zero-order valence-electron chi connectivity index (χ0n) is 10.2. The Hall–Kier alpha value is -1.61. The topological polar surface area (TPSA) is 42.2 Å². The molecule has 0 aliphatic heterocycles. The smallest absolute Gasteiger partial charge is 0.251 e. The van der Waals surface area contributed by atoms with E-state index in [0.717, 1.165) is 10.9 Å². The first-order chi connectivity index (χ1) is 7.97. The number of benzene rings is 1. The van der Waals surface area contributed by atoms with Gasteiger partial charge < -0.3 is 9.67 Å². The van der Waals surface area contributed by atoms with Gasteiger partial charge in [-0.3, -0.25) is 4.79 Å². The number of nitrogens with zero attached hydrogens (tertiary/aromatic N) is 1. The highest BCUT2D eigenvalue weighted by atomic mass is 16.3. The molecule has 3 heteroatoms. The summed E-state index contributed by atoms with van der Waals surface area (Å²) in [6.45, 7) is 4.04. The van der Waals surface area contributed by atoms with Crippen LogP contribution in [0.25, 0.3) is 10.9 Å². The van der Waals surface area contributed by atoms with Crippen LogP contribution in [0.4, 0.5) is 0 Å². The average Bonchev–Trinajstić information content (AvgIpc) is 2.26. The van der Waals surface area contributed by atoms with Crippen LogP contribution >= 0.6 is 0 Å². The third-order valence-corrected chi connectivity index (χ3v) is 2.85. The molecule has 0 atom stereocenters. The predicted molar refractivity (Wildman–Crippen MR) is 69.1 cm³/mol. The fraction of sp³-hybridized carbons (Fsp3) is 0.357. The van der Waals surface area contributed by atoms with Gasteiger partial charge in [0.15, 0.2) is 0 Å². The lowest BCUT2D eigenvalue weighted by Gasteiger charge is -2.18. The predicted octanol–water partition coefficient (Wildman–Crippen LogP) is 2.16. The first-order valence-corrected chi connectivity index (χ1v) is 5.78. The molecule has 1 heterocycles. The van der Waals surface area contributed by atoms with Crippen molar-refractivity contribution in [3.8, 4) is 0 Å². The summed E-state index contributed by atoms with van der Waals surface area (Å²) in [6.07, 6.45) is 0.556. The van der Waals surface area contributed by atoms with Crippen molar-refractivity contribution in [2.45, 2.75) is 32.4 Å². The first-order valence-electron chi connectivity index (χ1n) is 5.78. The van der Waals surface area contributed by atoms with Gasteiger partial charge in [0.05, 0.1) is 11.1 Å². The van der Waals surface area contributed by atoms with Crippen LogP contribution in [0, 0.1) is 0 Å². The molecule has 0 bridgehead atoms. The van der Waals surface area contributed by atoms with Gasteiger partial charge in [-0.2, -0.15) is 0 Å². The van der Waals surface area contributed by atoms with Crippen LogP contribution in [-0.2, 0) is 6.54 Å². The molecule has 1 aromatic heterocycles. The third kappa shape index (κ3) is 2.74. The van der Waals surface area contributed by atoms with E-state index < -0.39 is 5.60 Å². The molecule has 1 N–H and O–H groups in total. The van der Waals surface area contributed by atoms with E-state index in [2.05, 4.69) is 0 Å². The van der Waals surface area contributed by atoms with E-state index in [9.17, 15) is 9.90 Å². The second kappa shape index (κ2) is 4.34. The van der Waals surface area contributed by atoms with E-state index in [4.69, 9.17) is 0 Å². The van der Waals surface area contributed by atoms with E-state index in [1.165, 1.54) is 0 Å². The molecule has 2 rings (SSSR count). The van der Waals surface area contributed by atoms with E-state index in [0.29, 0.717) is 13.0 Å². The molecule has 0 saturated heterocycles. The van der Waals surface area contributed by atoms with Crippen molar-refractivity contribution in [3.63, 3.8) is 0 Å². The van der Waals surface area contributed by atoms with E-state index in [-0.39, 0.29) is 5.56 Å². The van der Waals surface area contributed by atoms with E-state index >= 15 is 0 Å². The van der Waals surface area contributed by atoms with Crippen molar-refractivity contribution >= 4 is 10.9 Å². The summed E-state index contributed by atoms with van der Waals surface area (Å²) >= 11 is 0. The van der Waals surface area contributed by atoms with Crippen molar-refractivity contribution in [1.29, 1.82) is 0 Å². The highest BCUT2D eigenvalue weighted by Gasteiger charge is 2.13. The second-order valence-corrected chi connectivity index (χ2v) is 4.94. The maximum absolute atomic E-state index is 11.8. The van der Waals surface area contributed by atoms with Crippen molar-refractivity contribution in [1.82, 2.24) is 4.57 Å². The standard InChI is InChI=1S/C14H17NO2/c1-14(2,17)9-10-15-12-6-4-3-5-11(12)7-8-13(15)16/h3-8,17H,9-10H2,1-2H3. The summed E-state index contributed by atoms with van der Waals surface area (Å²) < 4.78 is 1.72. The molecule has 0 amide bonds. The molecule has 0 saturated carbocycles. The number of hydrogen-bond acceptors (Lipinski definition) is 2. The quantitative estimate of drug-likeness (QED) is 0.879. The minimum Gasteiger partial charge on any atom is -0.390 e. The molecule has 0 spiro atoms. The van der Waals surface area contributed by atoms with Crippen LogP contribution in [0.2, 0.25) is 0 Å². The molecular formula is C14H17NO2. The largest absolute Gasteiger partial charge is 0.390 e. The van der Waals surface area contributed by atoms with Crippen LogP contribution < -0.4 is 5.56 Å². The number of pyridine rings is 1. The molecule has 2 aromatic rings. The minimum absolute atomic E-state index is 0.0204.